The van der Waals surface area contributed by atoms with Crippen LogP contribution in [0.3, 0.4) is 0 Å². The lowest BCUT2D eigenvalue weighted by atomic mass is 9.48. The van der Waals surface area contributed by atoms with Crippen molar-refractivity contribution < 1.29 is 27.8 Å². The van der Waals surface area contributed by atoms with Gasteiger partial charge in [-0.05, 0) is 68.9 Å². The number of halogens is 3. The molecule has 5 aliphatic carbocycles. The highest BCUT2D eigenvalue weighted by molar-refractivity contribution is 5.88. The van der Waals surface area contributed by atoms with Crippen molar-refractivity contribution >= 4 is 5.97 Å². The molecule has 1 aromatic carbocycles. The van der Waals surface area contributed by atoms with Crippen LogP contribution in [0.5, 0.6) is 5.75 Å². The highest BCUT2D eigenvalue weighted by Gasteiger charge is 2.64. The molecule has 27 heavy (non-hydrogen) atoms. The molecule has 0 spiro atoms. The summed E-state index contributed by atoms with van der Waals surface area (Å²) in [5.74, 6) is -4.93. The summed E-state index contributed by atoms with van der Waals surface area (Å²) in [7, 11) is 0. The van der Waals surface area contributed by atoms with E-state index >= 15 is 0 Å². The van der Waals surface area contributed by atoms with Gasteiger partial charge >= 0.3 is 5.97 Å². The first-order valence-corrected chi connectivity index (χ1v) is 9.85. The van der Waals surface area contributed by atoms with E-state index < -0.39 is 29.5 Å². The molecule has 0 saturated heterocycles. The summed E-state index contributed by atoms with van der Waals surface area (Å²) in [5.41, 5.74) is -0.232. The van der Waals surface area contributed by atoms with Crippen LogP contribution >= 0.6 is 0 Å². The Morgan fingerprint density at radius 3 is 2.41 bits per heavy atom. The molecule has 4 bridgehead atoms. The van der Waals surface area contributed by atoms with Crippen LogP contribution in [-0.4, -0.2) is 23.6 Å². The molecule has 2 unspecified atom stereocenters. The molecule has 5 aliphatic rings. The molecule has 6 rings (SSSR count). The maximum atomic E-state index is 14.7. The summed E-state index contributed by atoms with van der Waals surface area (Å²) >= 11 is 0. The fourth-order valence-corrected chi connectivity index (χ4v) is 6.09. The van der Waals surface area contributed by atoms with E-state index in [2.05, 4.69) is 0 Å². The van der Waals surface area contributed by atoms with Gasteiger partial charge in [0.1, 0.15) is 11.6 Å². The SMILES string of the molecule is O=C(O)c1ccc(OCC23CC4CC(C2)C(F)(F)C(C4)C3)c(C2CC2)c1F. The van der Waals surface area contributed by atoms with Crippen LogP contribution in [0.15, 0.2) is 12.1 Å². The van der Waals surface area contributed by atoms with Crippen LogP contribution in [0.1, 0.15) is 66.8 Å². The molecule has 5 saturated carbocycles. The van der Waals surface area contributed by atoms with Crippen LogP contribution in [0.2, 0.25) is 0 Å². The molecule has 146 valence electrons. The quantitative estimate of drug-likeness (QED) is 0.760. The number of ether oxygens (including phenoxy) is 1. The number of carboxylic acid groups (broad SMARTS) is 1. The molecule has 1 N–H and O–H groups in total. The Morgan fingerprint density at radius 2 is 1.81 bits per heavy atom. The molecule has 0 heterocycles. The Balaban J connectivity index is 1.40. The summed E-state index contributed by atoms with van der Waals surface area (Å²) < 4.78 is 49.6. The number of rotatable bonds is 5. The third-order valence-electron chi connectivity index (χ3n) is 7.29. The number of aromatic carboxylic acids is 1. The standard InChI is InChI=1S/C21H23F3O3/c22-18-15(19(25)26)3-4-16(17(18)12-1-2-12)27-10-20-7-11-5-13(8-20)21(23,24)14(6-11)9-20/h3-4,11-14H,1-2,5-10H2,(H,25,26). The topological polar surface area (TPSA) is 46.5 Å². The van der Waals surface area contributed by atoms with E-state index in [0.29, 0.717) is 49.5 Å². The molecule has 0 amide bonds. The minimum Gasteiger partial charge on any atom is -0.493 e. The first kappa shape index (κ1) is 17.4. The van der Waals surface area contributed by atoms with Crippen LogP contribution in [0.25, 0.3) is 0 Å². The summed E-state index contributed by atoms with van der Waals surface area (Å²) in [6.07, 6.45) is 4.72. The van der Waals surface area contributed by atoms with E-state index in [0.717, 1.165) is 19.3 Å². The van der Waals surface area contributed by atoms with Crippen molar-refractivity contribution in [2.45, 2.75) is 56.8 Å². The van der Waals surface area contributed by atoms with Crippen molar-refractivity contribution in [3.63, 3.8) is 0 Å². The normalized spacial score (nSPS) is 36.0. The Bertz CT molecular complexity index is 784. The predicted molar refractivity (Wildman–Crippen MR) is 91.8 cm³/mol. The van der Waals surface area contributed by atoms with Crippen molar-refractivity contribution in [3.8, 4) is 5.75 Å². The number of alkyl halides is 2. The van der Waals surface area contributed by atoms with Crippen LogP contribution in [0, 0.1) is 29.0 Å². The second kappa shape index (κ2) is 5.65. The number of benzene rings is 1. The van der Waals surface area contributed by atoms with E-state index in [1.54, 1.807) is 0 Å². The molecular weight excluding hydrogens is 357 g/mol. The monoisotopic (exact) mass is 380 g/mol. The van der Waals surface area contributed by atoms with Gasteiger partial charge in [-0.2, -0.15) is 0 Å². The average Bonchev–Trinajstić information content (AvgIpc) is 3.42. The minimum atomic E-state index is -2.56. The summed E-state index contributed by atoms with van der Waals surface area (Å²) in [6, 6.07) is 2.78. The number of hydrogen-bond acceptors (Lipinski definition) is 2. The number of hydrogen-bond donors (Lipinski definition) is 1. The van der Waals surface area contributed by atoms with Gasteiger partial charge in [0.2, 0.25) is 0 Å². The number of carbonyl (C=O) groups is 1. The Morgan fingerprint density at radius 1 is 1.15 bits per heavy atom. The lowest BCUT2D eigenvalue weighted by Crippen LogP contribution is -2.58. The number of carboxylic acids is 1. The molecule has 2 atom stereocenters. The predicted octanol–water partition coefficient (Wildman–Crippen LogP) is 5.24. The molecule has 0 aromatic heterocycles. The smallest absolute Gasteiger partial charge is 0.338 e. The lowest BCUT2D eigenvalue weighted by Gasteiger charge is -2.59. The second-order valence-electron chi connectivity index (χ2n) is 9.23. The molecular formula is C21H23F3O3. The second-order valence-corrected chi connectivity index (χ2v) is 9.23. The average molecular weight is 380 g/mol. The lowest BCUT2D eigenvalue weighted by molar-refractivity contribution is -0.230. The van der Waals surface area contributed by atoms with Crippen molar-refractivity contribution in [1.29, 1.82) is 0 Å². The van der Waals surface area contributed by atoms with Crippen LogP contribution in [-0.2, 0) is 0 Å². The molecule has 0 radical (unpaired) electrons. The zero-order valence-electron chi connectivity index (χ0n) is 15.0. The fraction of sp³-hybridized carbons (Fsp3) is 0.667. The van der Waals surface area contributed by atoms with Gasteiger partial charge in [-0.15, -0.1) is 0 Å². The van der Waals surface area contributed by atoms with E-state index in [4.69, 9.17) is 9.84 Å². The van der Waals surface area contributed by atoms with Crippen molar-refractivity contribution in [2.75, 3.05) is 6.61 Å². The molecule has 6 heteroatoms. The van der Waals surface area contributed by atoms with Crippen molar-refractivity contribution in [3.05, 3.63) is 29.1 Å². The van der Waals surface area contributed by atoms with Gasteiger partial charge in [0.25, 0.3) is 5.92 Å². The maximum Gasteiger partial charge on any atom is 0.338 e. The van der Waals surface area contributed by atoms with Gasteiger partial charge < -0.3 is 9.84 Å². The van der Waals surface area contributed by atoms with Crippen molar-refractivity contribution in [2.24, 2.45) is 23.2 Å². The molecule has 3 nitrogen and oxygen atoms in total. The fourth-order valence-electron chi connectivity index (χ4n) is 6.09. The molecule has 0 aliphatic heterocycles. The largest absolute Gasteiger partial charge is 0.493 e. The van der Waals surface area contributed by atoms with Gasteiger partial charge in [0.05, 0.1) is 12.2 Å². The van der Waals surface area contributed by atoms with Crippen LogP contribution < -0.4 is 4.74 Å². The van der Waals surface area contributed by atoms with E-state index in [1.807, 2.05) is 0 Å². The molecule has 5 fully saturated rings. The zero-order chi connectivity index (χ0) is 19.0. The first-order valence-electron chi connectivity index (χ1n) is 9.85. The minimum absolute atomic E-state index is 0.00000346. The summed E-state index contributed by atoms with van der Waals surface area (Å²) in [4.78, 5) is 11.2. The van der Waals surface area contributed by atoms with E-state index in [9.17, 15) is 18.0 Å². The first-order chi connectivity index (χ1) is 12.8. The summed E-state index contributed by atoms with van der Waals surface area (Å²) in [5, 5.41) is 9.16. The Labute approximate surface area is 155 Å². The van der Waals surface area contributed by atoms with Gasteiger partial charge in [-0.3, -0.25) is 0 Å². The Kier molecular flexibility index (Phi) is 3.63. The van der Waals surface area contributed by atoms with Gasteiger partial charge in [-0.1, -0.05) is 0 Å². The van der Waals surface area contributed by atoms with E-state index in [-0.39, 0.29) is 16.9 Å². The third kappa shape index (κ3) is 2.66. The highest BCUT2D eigenvalue weighted by Crippen LogP contribution is 2.65. The Hall–Kier alpha value is -1.72. The van der Waals surface area contributed by atoms with Crippen LogP contribution in [0.4, 0.5) is 13.2 Å². The van der Waals surface area contributed by atoms with Gasteiger partial charge in [0.15, 0.2) is 0 Å². The third-order valence-corrected chi connectivity index (χ3v) is 7.29. The highest BCUT2D eigenvalue weighted by atomic mass is 19.3. The van der Waals surface area contributed by atoms with E-state index in [1.165, 1.54) is 12.1 Å². The van der Waals surface area contributed by atoms with Crippen molar-refractivity contribution in [1.82, 2.24) is 0 Å². The van der Waals surface area contributed by atoms with Gasteiger partial charge in [0, 0.05) is 22.8 Å². The zero-order valence-corrected chi connectivity index (χ0v) is 15.0. The summed E-state index contributed by atoms with van der Waals surface area (Å²) in [6.45, 7) is 0.318. The maximum absolute atomic E-state index is 14.7. The van der Waals surface area contributed by atoms with Gasteiger partial charge in [-0.25, -0.2) is 18.0 Å². The molecule has 1 aromatic rings.